The minimum absolute atomic E-state index is 0.803. The van der Waals surface area contributed by atoms with E-state index in [9.17, 15) is 0 Å². The zero-order chi connectivity index (χ0) is 19.7. The summed E-state index contributed by atoms with van der Waals surface area (Å²) in [5, 5.41) is 7.27. The molecular weight excluding hydrogens is 352 g/mol. The predicted octanol–water partition coefficient (Wildman–Crippen LogP) is 6.19. The van der Waals surface area contributed by atoms with Crippen LogP contribution in [0.3, 0.4) is 0 Å². The molecule has 0 aliphatic rings. The Bertz CT molecular complexity index is 985. The van der Waals surface area contributed by atoms with Crippen LogP contribution in [0, 0.1) is 0 Å². The van der Waals surface area contributed by atoms with Crippen LogP contribution in [-0.2, 0) is 6.42 Å². The van der Waals surface area contributed by atoms with E-state index in [-0.39, 0.29) is 0 Å². The molecule has 0 unspecified atom stereocenters. The molecule has 0 saturated carbocycles. The van der Waals surface area contributed by atoms with Crippen LogP contribution in [0.25, 0.3) is 0 Å². The van der Waals surface area contributed by atoms with E-state index < -0.39 is 0 Å². The molecule has 0 aliphatic heterocycles. The molecule has 0 aromatic heterocycles. The Balaban J connectivity index is 1.73. The summed E-state index contributed by atoms with van der Waals surface area (Å²) in [5.74, 6) is 0. The largest absolute Gasteiger partial charge is 0.265 e. The van der Waals surface area contributed by atoms with Crippen molar-refractivity contribution in [1.29, 1.82) is 0 Å². The molecule has 0 aliphatic carbocycles. The summed E-state index contributed by atoms with van der Waals surface area (Å²) in [5.41, 5.74) is 5.60. The van der Waals surface area contributed by atoms with Crippen LogP contribution >= 0.6 is 0 Å². The van der Waals surface area contributed by atoms with Gasteiger partial charge in [-0.25, -0.2) is 0 Å². The molecule has 0 atom stereocenters. The second kappa shape index (κ2) is 9.52. The number of hydrazone groups is 1. The fraction of sp³-hybridized carbons (Fsp3) is 0.0741. The maximum atomic E-state index is 5.15. The molecule has 2 nitrogen and oxygen atoms in total. The van der Waals surface area contributed by atoms with Gasteiger partial charge >= 0.3 is 0 Å². The highest BCUT2D eigenvalue weighted by atomic mass is 15.5. The summed E-state index contributed by atoms with van der Waals surface area (Å²) < 4.78 is 0. The average molecular weight is 377 g/mol. The number of hydrogen-bond donors (Lipinski definition) is 0. The number of nitrogens with zero attached hydrogens (tertiary/aromatic N) is 2. The maximum absolute atomic E-state index is 5.15. The summed E-state index contributed by atoms with van der Waals surface area (Å²) in [7, 11) is 0. The van der Waals surface area contributed by atoms with Crippen molar-refractivity contribution in [2.24, 2.45) is 5.10 Å². The SMILES string of the molecule is c1ccc(CCN(N=C(c2ccccc2)c2ccccc2)c2ccccc2)cc1. The van der Waals surface area contributed by atoms with Gasteiger partial charge in [0.05, 0.1) is 11.4 Å². The Morgan fingerprint density at radius 2 is 1.00 bits per heavy atom. The first-order valence-electron chi connectivity index (χ1n) is 9.96. The van der Waals surface area contributed by atoms with Gasteiger partial charge in [-0.3, -0.25) is 5.01 Å². The third-order valence-corrected chi connectivity index (χ3v) is 4.82. The molecule has 4 aromatic carbocycles. The van der Waals surface area contributed by atoms with E-state index in [1.165, 1.54) is 5.56 Å². The van der Waals surface area contributed by atoms with Gasteiger partial charge in [0, 0.05) is 17.7 Å². The molecule has 0 spiro atoms. The van der Waals surface area contributed by atoms with Crippen LogP contribution in [0.1, 0.15) is 16.7 Å². The molecule has 2 heteroatoms. The van der Waals surface area contributed by atoms with E-state index in [0.717, 1.165) is 35.5 Å². The predicted molar refractivity (Wildman–Crippen MR) is 122 cm³/mol. The molecule has 0 N–H and O–H groups in total. The Morgan fingerprint density at radius 1 is 0.552 bits per heavy atom. The van der Waals surface area contributed by atoms with Crippen LogP contribution < -0.4 is 5.01 Å². The third kappa shape index (κ3) is 4.99. The van der Waals surface area contributed by atoms with Gasteiger partial charge in [0.15, 0.2) is 0 Å². The molecule has 0 saturated heterocycles. The molecule has 4 rings (SSSR count). The first-order valence-corrected chi connectivity index (χ1v) is 9.96. The van der Waals surface area contributed by atoms with Crippen LogP contribution in [0.2, 0.25) is 0 Å². The number of para-hydroxylation sites is 1. The third-order valence-electron chi connectivity index (χ3n) is 4.82. The quantitative estimate of drug-likeness (QED) is 0.277. The molecule has 0 fully saturated rings. The van der Waals surface area contributed by atoms with Gasteiger partial charge in [-0.1, -0.05) is 109 Å². The van der Waals surface area contributed by atoms with Crippen molar-refractivity contribution in [3.8, 4) is 0 Å². The van der Waals surface area contributed by atoms with E-state index in [4.69, 9.17) is 5.10 Å². The normalized spacial score (nSPS) is 10.3. The highest BCUT2D eigenvalue weighted by molar-refractivity contribution is 6.13. The van der Waals surface area contributed by atoms with E-state index in [1.54, 1.807) is 0 Å². The molecule has 29 heavy (non-hydrogen) atoms. The Morgan fingerprint density at radius 3 is 1.52 bits per heavy atom. The van der Waals surface area contributed by atoms with E-state index >= 15 is 0 Å². The lowest BCUT2D eigenvalue weighted by Gasteiger charge is -2.22. The fourth-order valence-electron chi connectivity index (χ4n) is 3.31. The Labute approximate surface area is 172 Å². The highest BCUT2D eigenvalue weighted by Crippen LogP contribution is 2.18. The molecular formula is C27H24N2. The summed E-state index contributed by atoms with van der Waals surface area (Å²) in [4.78, 5) is 0. The first-order chi connectivity index (χ1) is 14.4. The zero-order valence-corrected chi connectivity index (χ0v) is 16.4. The van der Waals surface area contributed by atoms with Gasteiger partial charge in [0.25, 0.3) is 0 Å². The molecule has 0 amide bonds. The van der Waals surface area contributed by atoms with Gasteiger partial charge in [-0.15, -0.1) is 0 Å². The Kier molecular flexibility index (Phi) is 6.14. The zero-order valence-electron chi connectivity index (χ0n) is 16.4. The lowest BCUT2D eigenvalue weighted by atomic mass is 10.0. The van der Waals surface area contributed by atoms with Crippen molar-refractivity contribution in [3.63, 3.8) is 0 Å². The maximum Gasteiger partial charge on any atom is 0.0980 e. The lowest BCUT2D eigenvalue weighted by molar-refractivity contribution is 0.826. The monoisotopic (exact) mass is 376 g/mol. The Hall–Kier alpha value is -3.65. The molecule has 4 aromatic rings. The number of hydrogen-bond acceptors (Lipinski definition) is 2. The number of rotatable bonds is 7. The van der Waals surface area contributed by atoms with Gasteiger partial charge in [0.2, 0.25) is 0 Å². The molecule has 0 radical (unpaired) electrons. The molecule has 142 valence electrons. The van der Waals surface area contributed by atoms with Crippen LogP contribution in [-0.4, -0.2) is 12.3 Å². The van der Waals surface area contributed by atoms with Crippen molar-refractivity contribution < 1.29 is 0 Å². The van der Waals surface area contributed by atoms with Crippen LogP contribution in [0.5, 0.6) is 0 Å². The minimum atomic E-state index is 0.803. The summed E-state index contributed by atoms with van der Waals surface area (Å²) in [6.45, 7) is 0.803. The van der Waals surface area contributed by atoms with Crippen molar-refractivity contribution in [1.82, 2.24) is 0 Å². The lowest BCUT2D eigenvalue weighted by Crippen LogP contribution is -2.22. The van der Waals surface area contributed by atoms with Crippen molar-refractivity contribution >= 4 is 11.4 Å². The van der Waals surface area contributed by atoms with Gasteiger partial charge in [-0.05, 0) is 24.1 Å². The second-order valence-electron chi connectivity index (χ2n) is 6.87. The van der Waals surface area contributed by atoms with Crippen molar-refractivity contribution in [2.75, 3.05) is 11.6 Å². The molecule has 0 bridgehead atoms. The minimum Gasteiger partial charge on any atom is -0.265 e. The van der Waals surface area contributed by atoms with Crippen molar-refractivity contribution in [2.45, 2.75) is 6.42 Å². The first kappa shape index (κ1) is 18.7. The summed E-state index contributed by atoms with van der Waals surface area (Å²) >= 11 is 0. The molecule has 0 heterocycles. The van der Waals surface area contributed by atoms with Gasteiger partial charge in [0.1, 0.15) is 0 Å². The van der Waals surface area contributed by atoms with Crippen molar-refractivity contribution in [3.05, 3.63) is 138 Å². The number of benzene rings is 4. The fourth-order valence-corrected chi connectivity index (χ4v) is 3.31. The van der Waals surface area contributed by atoms with E-state index in [1.807, 2.05) is 18.2 Å². The smallest absolute Gasteiger partial charge is 0.0980 e. The number of anilines is 1. The van der Waals surface area contributed by atoms with Gasteiger partial charge < -0.3 is 0 Å². The summed E-state index contributed by atoms with van der Waals surface area (Å²) in [6.07, 6.45) is 0.927. The average Bonchev–Trinajstić information content (AvgIpc) is 2.82. The van der Waals surface area contributed by atoms with Crippen LogP contribution in [0.15, 0.2) is 126 Å². The standard InChI is InChI=1S/C27H24N2/c1-5-13-23(14-6-1)21-22-29(26-19-11-4-12-20-26)28-27(24-15-7-2-8-16-24)25-17-9-3-10-18-25/h1-20H,21-22H2. The van der Waals surface area contributed by atoms with E-state index in [2.05, 4.69) is 108 Å². The topological polar surface area (TPSA) is 15.6 Å². The van der Waals surface area contributed by atoms with Crippen LogP contribution in [0.4, 0.5) is 5.69 Å². The van der Waals surface area contributed by atoms with E-state index in [0.29, 0.717) is 0 Å². The highest BCUT2D eigenvalue weighted by Gasteiger charge is 2.11. The second-order valence-corrected chi connectivity index (χ2v) is 6.87. The van der Waals surface area contributed by atoms with Gasteiger partial charge in [-0.2, -0.15) is 5.10 Å². The summed E-state index contributed by atoms with van der Waals surface area (Å²) in [6, 6.07) is 41.7.